The summed E-state index contributed by atoms with van der Waals surface area (Å²) in [7, 11) is -3.12. The zero-order valence-electron chi connectivity index (χ0n) is 16.3. The summed E-state index contributed by atoms with van der Waals surface area (Å²) >= 11 is 1.36. The maximum absolute atomic E-state index is 12.7. The molecular formula is C21H20N2O5S2. The molecule has 3 aliphatic rings. The Labute approximate surface area is 179 Å². The average molecular weight is 445 g/mol. The van der Waals surface area contributed by atoms with Gasteiger partial charge in [-0.05, 0) is 24.6 Å². The number of rotatable bonds is 3. The lowest BCUT2D eigenvalue weighted by Gasteiger charge is -2.24. The number of benzene rings is 2. The number of amidine groups is 1. The summed E-state index contributed by atoms with van der Waals surface area (Å²) in [5.41, 5.74) is 2.78. The van der Waals surface area contributed by atoms with Crippen molar-refractivity contribution >= 4 is 38.4 Å². The van der Waals surface area contributed by atoms with Crippen LogP contribution in [0.25, 0.3) is 0 Å². The third-order valence-electron chi connectivity index (χ3n) is 5.40. The minimum atomic E-state index is -3.12. The molecule has 0 bridgehead atoms. The van der Waals surface area contributed by atoms with Crippen molar-refractivity contribution in [3.05, 3.63) is 53.6 Å². The number of fused-ring (bicyclic) bond motifs is 2. The first-order valence-electron chi connectivity index (χ1n) is 9.61. The molecule has 0 saturated carbocycles. The van der Waals surface area contributed by atoms with Gasteiger partial charge in [0.1, 0.15) is 0 Å². The number of aliphatic imine (C=N–C) groups is 1. The van der Waals surface area contributed by atoms with Gasteiger partial charge >= 0.3 is 0 Å². The fourth-order valence-electron chi connectivity index (χ4n) is 3.93. The number of hydrogen-bond donors (Lipinski definition) is 0. The zero-order chi connectivity index (χ0) is 20.9. The van der Waals surface area contributed by atoms with Gasteiger partial charge < -0.3 is 14.4 Å². The monoisotopic (exact) mass is 444 g/mol. The normalized spacial score (nSPS) is 25.0. The van der Waals surface area contributed by atoms with Gasteiger partial charge in [0.2, 0.25) is 6.79 Å². The second-order valence-corrected chi connectivity index (χ2v) is 11.0. The van der Waals surface area contributed by atoms with Gasteiger partial charge in [-0.1, -0.05) is 41.6 Å². The highest BCUT2D eigenvalue weighted by atomic mass is 32.2. The number of sulfone groups is 1. The van der Waals surface area contributed by atoms with E-state index in [-0.39, 0.29) is 41.9 Å². The van der Waals surface area contributed by atoms with E-state index in [0.29, 0.717) is 16.7 Å². The number of carbonyl (C=O) groups is 1. The predicted molar refractivity (Wildman–Crippen MR) is 116 cm³/mol. The summed E-state index contributed by atoms with van der Waals surface area (Å²) in [6.07, 6.45) is 0.201. The van der Waals surface area contributed by atoms with Crippen LogP contribution in [-0.4, -0.2) is 49.1 Å². The van der Waals surface area contributed by atoms with Crippen LogP contribution >= 0.6 is 11.8 Å². The number of hydrogen-bond acceptors (Lipinski definition) is 6. The highest BCUT2D eigenvalue weighted by Crippen LogP contribution is 2.43. The van der Waals surface area contributed by atoms with Crippen molar-refractivity contribution < 1.29 is 22.7 Å². The summed E-state index contributed by atoms with van der Waals surface area (Å²) < 4.78 is 35.3. The molecule has 3 aliphatic heterocycles. The Balaban J connectivity index is 1.46. The Hall–Kier alpha value is -2.52. The topological polar surface area (TPSA) is 85.3 Å². The van der Waals surface area contributed by atoms with E-state index in [2.05, 4.69) is 4.99 Å². The van der Waals surface area contributed by atoms with Gasteiger partial charge in [-0.3, -0.25) is 4.79 Å². The van der Waals surface area contributed by atoms with Crippen molar-refractivity contribution in [3.63, 3.8) is 0 Å². The Morgan fingerprint density at radius 1 is 1.13 bits per heavy atom. The van der Waals surface area contributed by atoms with Gasteiger partial charge in [0, 0.05) is 17.0 Å². The number of nitrogens with zero attached hydrogens (tertiary/aromatic N) is 2. The largest absolute Gasteiger partial charge is 0.454 e. The molecule has 2 saturated heterocycles. The zero-order valence-corrected chi connectivity index (χ0v) is 17.9. The lowest BCUT2D eigenvalue weighted by molar-refractivity contribution is -0.117. The van der Waals surface area contributed by atoms with E-state index in [1.807, 2.05) is 48.2 Å². The first-order valence-corrected chi connectivity index (χ1v) is 12.3. The lowest BCUT2D eigenvalue weighted by atomic mass is 10.1. The molecule has 7 nitrogen and oxygen atoms in total. The van der Waals surface area contributed by atoms with Gasteiger partial charge in [-0.2, -0.15) is 4.99 Å². The van der Waals surface area contributed by atoms with Gasteiger partial charge in [0.05, 0.1) is 24.0 Å². The van der Waals surface area contributed by atoms with Crippen LogP contribution < -0.4 is 14.4 Å². The third kappa shape index (κ3) is 3.67. The molecule has 0 aliphatic carbocycles. The summed E-state index contributed by atoms with van der Waals surface area (Å²) in [6.45, 7) is 2.15. The fraction of sp³-hybridized carbons (Fsp3) is 0.333. The third-order valence-corrected chi connectivity index (χ3v) is 8.61. The summed E-state index contributed by atoms with van der Waals surface area (Å²) in [5.74, 6) is 1.14. The SMILES string of the molecule is Cc1ccc(CC(=O)N=C2S[C@@H]3CS(=O)(=O)C[C@H]3N2c2ccc3c(c2)OCO3)cc1. The number of aryl methyl sites for hydroxylation is 1. The van der Waals surface area contributed by atoms with Crippen molar-refractivity contribution in [2.75, 3.05) is 23.2 Å². The Bertz CT molecular complexity index is 1140. The molecule has 2 fully saturated rings. The quantitative estimate of drug-likeness (QED) is 0.719. The Morgan fingerprint density at radius 3 is 2.70 bits per heavy atom. The van der Waals surface area contributed by atoms with E-state index in [0.717, 1.165) is 16.8 Å². The summed E-state index contributed by atoms with van der Waals surface area (Å²) in [5, 5.41) is 0.391. The van der Waals surface area contributed by atoms with Crippen molar-refractivity contribution in [3.8, 4) is 11.5 Å². The standard InChI is InChI=1S/C21H20N2O5S2/c1-13-2-4-14(5-3-13)8-20(24)22-21-23(16-10-30(25,26)11-19(16)29-21)15-6-7-17-18(9-15)28-12-27-17/h2-7,9,16,19H,8,10-12H2,1H3/t16-,19-/m1/s1. The van der Waals surface area contributed by atoms with E-state index in [9.17, 15) is 13.2 Å². The van der Waals surface area contributed by atoms with E-state index in [1.165, 1.54) is 11.8 Å². The second kappa shape index (κ2) is 7.31. The molecule has 3 heterocycles. The van der Waals surface area contributed by atoms with Gasteiger partial charge in [0.15, 0.2) is 26.5 Å². The van der Waals surface area contributed by atoms with E-state index < -0.39 is 9.84 Å². The summed E-state index contributed by atoms with van der Waals surface area (Å²) in [6, 6.07) is 13.0. The van der Waals surface area contributed by atoms with Crippen molar-refractivity contribution in [1.82, 2.24) is 0 Å². The molecule has 30 heavy (non-hydrogen) atoms. The maximum Gasteiger partial charge on any atom is 0.252 e. The molecule has 0 aromatic heterocycles. The lowest BCUT2D eigenvalue weighted by Crippen LogP contribution is -2.37. The minimum absolute atomic E-state index is 0.0459. The Kier molecular flexibility index (Phi) is 4.74. The van der Waals surface area contributed by atoms with Crippen LogP contribution in [0.2, 0.25) is 0 Å². The number of thioether (sulfide) groups is 1. The molecule has 0 radical (unpaired) electrons. The van der Waals surface area contributed by atoms with Crippen LogP contribution in [0.5, 0.6) is 11.5 Å². The van der Waals surface area contributed by atoms with Crippen LogP contribution in [0.4, 0.5) is 5.69 Å². The first kappa shape index (κ1) is 19.4. The molecule has 156 valence electrons. The number of anilines is 1. The van der Waals surface area contributed by atoms with Crippen molar-refractivity contribution in [1.29, 1.82) is 0 Å². The molecule has 2 aromatic rings. The molecular weight excluding hydrogens is 424 g/mol. The Morgan fingerprint density at radius 2 is 1.90 bits per heavy atom. The van der Waals surface area contributed by atoms with Crippen LogP contribution in [0, 0.1) is 6.92 Å². The highest BCUT2D eigenvalue weighted by Gasteiger charge is 2.49. The predicted octanol–water partition coefficient (Wildman–Crippen LogP) is 2.57. The van der Waals surface area contributed by atoms with Crippen molar-refractivity contribution in [2.45, 2.75) is 24.6 Å². The second-order valence-electron chi connectivity index (χ2n) is 7.66. The van der Waals surface area contributed by atoms with Gasteiger partial charge in [-0.15, -0.1) is 0 Å². The highest BCUT2D eigenvalue weighted by molar-refractivity contribution is 8.16. The van der Waals surface area contributed by atoms with Crippen LogP contribution in [0.15, 0.2) is 47.5 Å². The number of ether oxygens (including phenoxy) is 2. The average Bonchev–Trinajstić information content (AvgIpc) is 3.34. The molecule has 0 unspecified atom stereocenters. The molecule has 5 rings (SSSR count). The van der Waals surface area contributed by atoms with E-state index in [4.69, 9.17) is 9.47 Å². The minimum Gasteiger partial charge on any atom is -0.454 e. The van der Waals surface area contributed by atoms with Crippen LogP contribution in [0.1, 0.15) is 11.1 Å². The molecule has 2 atom stereocenters. The van der Waals surface area contributed by atoms with Crippen LogP contribution in [-0.2, 0) is 21.1 Å². The van der Waals surface area contributed by atoms with E-state index >= 15 is 0 Å². The molecule has 2 aromatic carbocycles. The van der Waals surface area contributed by atoms with E-state index in [1.54, 1.807) is 6.07 Å². The van der Waals surface area contributed by atoms with Gasteiger partial charge in [-0.25, -0.2) is 8.42 Å². The van der Waals surface area contributed by atoms with Crippen LogP contribution in [0.3, 0.4) is 0 Å². The molecule has 0 spiro atoms. The molecule has 9 heteroatoms. The molecule has 0 N–H and O–H groups in total. The fourth-order valence-corrected chi connectivity index (χ4v) is 7.86. The smallest absolute Gasteiger partial charge is 0.252 e. The summed E-state index contributed by atoms with van der Waals surface area (Å²) in [4.78, 5) is 18.9. The number of carbonyl (C=O) groups excluding carboxylic acids is 1. The number of amides is 1. The first-order chi connectivity index (χ1) is 14.4. The van der Waals surface area contributed by atoms with Crippen molar-refractivity contribution in [2.24, 2.45) is 4.99 Å². The maximum atomic E-state index is 12.7. The van der Waals surface area contributed by atoms with Gasteiger partial charge in [0.25, 0.3) is 5.91 Å². The molecule has 1 amide bonds.